The zero-order valence-electron chi connectivity index (χ0n) is 16.6. The highest BCUT2D eigenvalue weighted by molar-refractivity contribution is 5.95. The van der Waals surface area contributed by atoms with Gasteiger partial charge in [0.15, 0.2) is 11.5 Å². The van der Waals surface area contributed by atoms with Crippen LogP contribution in [0.25, 0.3) is 0 Å². The van der Waals surface area contributed by atoms with Crippen LogP contribution in [0.5, 0.6) is 17.2 Å². The molecule has 1 amide bonds. The van der Waals surface area contributed by atoms with Gasteiger partial charge in [-0.2, -0.15) is 8.78 Å². The van der Waals surface area contributed by atoms with E-state index in [1.54, 1.807) is 23.1 Å². The van der Waals surface area contributed by atoms with Crippen molar-refractivity contribution in [1.29, 1.82) is 0 Å². The number of methoxy groups -OCH3 is 2. The molecule has 1 aliphatic heterocycles. The van der Waals surface area contributed by atoms with Crippen LogP contribution in [-0.4, -0.2) is 62.6 Å². The molecule has 9 heteroatoms. The molecule has 0 bridgehead atoms. The minimum Gasteiger partial charge on any atom is -0.493 e. The highest BCUT2D eigenvalue weighted by atomic mass is 19.3. The first-order valence-corrected chi connectivity index (χ1v) is 9.28. The molecule has 0 radical (unpaired) electrons. The Morgan fingerprint density at radius 3 is 2.63 bits per heavy atom. The Balaban J connectivity index is 1.96. The maximum atomic E-state index is 13.3. The third-order valence-electron chi connectivity index (χ3n) is 4.85. The topological polar surface area (TPSA) is 77.5 Å². The average molecular weight is 423 g/mol. The highest BCUT2D eigenvalue weighted by Gasteiger charge is 2.37. The molecule has 162 valence electrons. The number of aliphatic hydroxyl groups is 1. The van der Waals surface area contributed by atoms with Crippen molar-refractivity contribution in [3.05, 3.63) is 53.6 Å². The summed E-state index contributed by atoms with van der Waals surface area (Å²) in [6.07, 6.45) is -0.665. The third-order valence-corrected chi connectivity index (χ3v) is 4.85. The quantitative estimate of drug-likeness (QED) is 0.738. The lowest BCUT2D eigenvalue weighted by molar-refractivity contribution is -0.0812. The molecule has 1 heterocycles. The van der Waals surface area contributed by atoms with Gasteiger partial charge in [-0.25, -0.2) is 0 Å². The molecule has 2 aromatic carbocycles. The summed E-state index contributed by atoms with van der Waals surface area (Å²) in [7, 11) is 3.02. The Labute approximate surface area is 172 Å². The monoisotopic (exact) mass is 423 g/mol. The minimum atomic E-state index is -2.99. The van der Waals surface area contributed by atoms with Gasteiger partial charge in [0, 0.05) is 12.1 Å². The van der Waals surface area contributed by atoms with Crippen LogP contribution in [0, 0.1) is 0 Å². The van der Waals surface area contributed by atoms with Crippen molar-refractivity contribution in [2.75, 3.05) is 34.0 Å². The number of hydrogen-bond acceptors (Lipinski definition) is 6. The van der Waals surface area contributed by atoms with E-state index in [4.69, 9.17) is 14.2 Å². The number of hydrogen-bond donors (Lipinski definition) is 1. The summed E-state index contributed by atoms with van der Waals surface area (Å²) >= 11 is 0. The summed E-state index contributed by atoms with van der Waals surface area (Å²) in [5, 5.41) is 9.84. The third kappa shape index (κ3) is 4.63. The second-order valence-corrected chi connectivity index (χ2v) is 6.56. The molecular formula is C21H23F2NO6. The molecule has 3 rings (SSSR count). The van der Waals surface area contributed by atoms with E-state index in [2.05, 4.69) is 4.74 Å². The summed E-state index contributed by atoms with van der Waals surface area (Å²) in [5.74, 6) is 0.493. The molecule has 1 saturated heterocycles. The number of benzene rings is 2. The lowest BCUT2D eigenvalue weighted by Crippen LogP contribution is -2.49. The van der Waals surface area contributed by atoms with Gasteiger partial charge in [0.25, 0.3) is 5.91 Å². The lowest BCUT2D eigenvalue weighted by Gasteiger charge is -2.41. The Hall–Kier alpha value is -2.91. The van der Waals surface area contributed by atoms with E-state index in [1.807, 2.05) is 0 Å². The first-order valence-electron chi connectivity index (χ1n) is 9.28. The number of nitrogens with zero attached hydrogens (tertiary/aromatic N) is 1. The molecule has 1 aliphatic rings. The summed E-state index contributed by atoms with van der Waals surface area (Å²) in [4.78, 5) is 14.8. The fourth-order valence-electron chi connectivity index (χ4n) is 3.52. The van der Waals surface area contributed by atoms with E-state index in [0.717, 1.165) is 0 Å². The molecule has 30 heavy (non-hydrogen) atoms. The van der Waals surface area contributed by atoms with Gasteiger partial charge >= 0.3 is 6.61 Å². The van der Waals surface area contributed by atoms with Gasteiger partial charge in [0.1, 0.15) is 11.9 Å². The number of rotatable bonds is 7. The molecule has 0 saturated carbocycles. The van der Waals surface area contributed by atoms with Crippen LogP contribution in [0.1, 0.15) is 22.0 Å². The number of aliphatic hydroxyl groups excluding tert-OH is 1. The van der Waals surface area contributed by atoms with Gasteiger partial charge in [-0.3, -0.25) is 4.79 Å². The van der Waals surface area contributed by atoms with Crippen LogP contribution in [0.4, 0.5) is 8.78 Å². The molecule has 1 N–H and O–H groups in total. The number of carbonyl (C=O) groups is 1. The Morgan fingerprint density at radius 2 is 1.97 bits per heavy atom. The lowest BCUT2D eigenvalue weighted by atomic mass is 9.96. The van der Waals surface area contributed by atoms with Crippen LogP contribution in [-0.2, 0) is 4.74 Å². The minimum absolute atomic E-state index is 0.106. The van der Waals surface area contributed by atoms with Gasteiger partial charge < -0.3 is 29.0 Å². The van der Waals surface area contributed by atoms with Crippen LogP contribution < -0.4 is 14.2 Å². The van der Waals surface area contributed by atoms with Crippen molar-refractivity contribution in [1.82, 2.24) is 4.90 Å². The molecule has 0 unspecified atom stereocenters. The summed E-state index contributed by atoms with van der Waals surface area (Å²) in [5.41, 5.74) is 0.872. The van der Waals surface area contributed by atoms with Gasteiger partial charge in [0.2, 0.25) is 0 Å². The summed E-state index contributed by atoms with van der Waals surface area (Å²) < 4.78 is 45.8. The largest absolute Gasteiger partial charge is 0.493 e. The Morgan fingerprint density at radius 1 is 1.20 bits per heavy atom. The van der Waals surface area contributed by atoms with Gasteiger partial charge in [0.05, 0.1) is 33.5 Å². The molecule has 0 spiro atoms. The van der Waals surface area contributed by atoms with E-state index in [-0.39, 0.29) is 31.1 Å². The zero-order chi connectivity index (χ0) is 21.7. The number of amides is 1. The van der Waals surface area contributed by atoms with Crippen molar-refractivity contribution < 1.29 is 37.6 Å². The van der Waals surface area contributed by atoms with Crippen molar-refractivity contribution in [2.45, 2.75) is 18.8 Å². The van der Waals surface area contributed by atoms with Crippen LogP contribution in [0.3, 0.4) is 0 Å². The Kier molecular flexibility index (Phi) is 7.07. The van der Waals surface area contributed by atoms with Crippen LogP contribution >= 0.6 is 0 Å². The van der Waals surface area contributed by atoms with Crippen molar-refractivity contribution in [2.24, 2.45) is 0 Å². The first kappa shape index (κ1) is 21.8. The smallest absolute Gasteiger partial charge is 0.387 e. The predicted octanol–water partition coefficient (Wildman–Crippen LogP) is 2.88. The van der Waals surface area contributed by atoms with Crippen molar-refractivity contribution in [3.8, 4) is 17.2 Å². The van der Waals surface area contributed by atoms with Crippen molar-refractivity contribution in [3.63, 3.8) is 0 Å². The second-order valence-electron chi connectivity index (χ2n) is 6.56. The molecule has 0 aliphatic carbocycles. The standard InChI is InChI=1S/C21H23F2NO6/c1-27-16-7-6-13(11-17(16)28-2)19-18(12-25)29-9-8-24(19)20(26)14-4-3-5-15(10-14)30-21(22)23/h3-7,10-11,18-19,21,25H,8-9,12H2,1-2H3/t18-,19-/m1/s1. The van der Waals surface area contributed by atoms with E-state index >= 15 is 0 Å². The summed E-state index contributed by atoms with van der Waals surface area (Å²) in [6.45, 7) is -2.81. The summed E-state index contributed by atoms with van der Waals surface area (Å²) in [6, 6.07) is 10.2. The van der Waals surface area contributed by atoms with E-state index in [1.165, 1.54) is 38.5 Å². The number of carbonyl (C=O) groups excluding carboxylic acids is 1. The Bertz CT molecular complexity index is 878. The van der Waals surface area contributed by atoms with Gasteiger partial charge in [-0.1, -0.05) is 12.1 Å². The zero-order valence-corrected chi connectivity index (χ0v) is 16.6. The number of halogens is 2. The molecular weight excluding hydrogens is 400 g/mol. The normalized spacial score (nSPS) is 18.9. The van der Waals surface area contributed by atoms with Gasteiger partial charge in [-0.05, 0) is 35.9 Å². The fraction of sp³-hybridized carbons (Fsp3) is 0.381. The van der Waals surface area contributed by atoms with Crippen LogP contribution in [0.2, 0.25) is 0 Å². The van der Waals surface area contributed by atoms with E-state index in [0.29, 0.717) is 17.1 Å². The molecule has 1 fully saturated rings. The number of ether oxygens (including phenoxy) is 4. The van der Waals surface area contributed by atoms with E-state index in [9.17, 15) is 18.7 Å². The van der Waals surface area contributed by atoms with Crippen LogP contribution in [0.15, 0.2) is 42.5 Å². The second kappa shape index (κ2) is 9.73. The number of morpholine rings is 1. The predicted molar refractivity (Wildman–Crippen MR) is 103 cm³/mol. The fourth-order valence-corrected chi connectivity index (χ4v) is 3.52. The maximum absolute atomic E-state index is 13.3. The molecule has 2 atom stereocenters. The SMILES string of the molecule is COc1ccc([C@@H]2[C@@H](CO)OCCN2C(=O)c2cccc(OC(F)F)c2)cc1OC. The van der Waals surface area contributed by atoms with Gasteiger partial charge in [-0.15, -0.1) is 0 Å². The average Bonchev–Trinajstić information content (AvgIpc) is 2.77. The first-order chi connectivity index (χ1) is 14.5. The number of alkyl halides is 2. The maximum Gasteiger partial charge on any atom is 0.387 e. The molecule has 0 aromatic heterocycles. The van der Waals surface area contributed by atoms with E-state index < -0.39 is 24.7 Å². The van der Waals surface area contributed by atoms with Crippen molar-refractivity contribution >= 4 is 5.91 Å². The molecule has 2 aromatic rings. The highest BCUT2D eigenvalue weighted by Crippen LogP contribution is 2.36. The molecule has 7 nitrogen and oxygen atoms in total.